The Morgan fingerprint density at radius 3 is 2.90 bits per heavy atom. The number of hydrogen-bond acceptors (Lipinski definition) is 2. The summed E-state index contributed by atoms with van der Waals surface area (Å²) in [5.74, 6) is -0.745. The molecule has 1 aliphatic heterocycles. The summed E-state index contributed by atoms with van der Waals surface area (Å²) in [5, 5.41) is 18.2. The van der Waals surface area contributed by atoms with Gasteiger partial charge in [-0.1, -0.05) is 0 Å². The van der Waals surface area contributed by atoms with E-state index in [1.165, 1.54) is 0 Å². The lowest BCUT2D eigenvalue weighted by atomic mass is 10.2. The molecule has 1 rings (SSSR count). The van der Waals surface area contributed by atoms with Crippen LogP contribution in [0.4, 0.5) is 0 Å². The molecule has 1 saturated heterocycles. The fourth-order valence-electron chi connectivity index (χ4n) is 0.854. The molecule has 10 heavy (non-hydrogen) atoms. The van der Waals surface area contributed by atoms with Gasteiger partial charge in [-0.3, -0.25) is 5.41 Å². The lowest BCUT2D eigenvalue weighted by molar-refractivity contribution is -0.131. The van der Waals surface area contributed by atoms with Crippen LogP contribution in [0, 0.1) is 5.41 Å². The van der Waals surface area contributed by atoms with E-state index in [-0.39, 0.29) is 5.84 Å². The highest BCUT2D eigenvalue weighted by Crippen LogP contribution is 2.06. The molecule has 0 amide bonds. The van der Waals surface area contributed by atoms with Gasteiger partial charge in [0.05, 0.1) is 0 Å². The summed E-state index contributed by atoms with van der Waals surface area (Å²) in [6.45, 7) is 0.679. The van der Waals surface area contributed by atoms with Gasteiger partial charge in [-0.2, -0.15) is 0 Å². The Kier molecular flexibility index (Phi) is 1.71. The Morgan fingerprint density at radius 2 is 2.50 bits per heavy atom. The molecule has 0 radical (unpaired) electrons. The van der Waals surface area contributed by atoms with Gasteiger partial charge in [-0.05, 0) is 6.42 Å². The van der Waals surface area contributed by atoms with Crippen molar-refractivity contribution in [2.75, 3.05) is 6.54 Å². The highest BCUT2D eigenvalue weighted by atomic mass is 16.4. The number of carbonyl (C=O) groups is 1. The van der Waals surface area contributed by atoms with Gasteiger partial charge in [0.2, 0.25) is 0 Å². The Hall–Kier alpha value is -1.32. The number of aliphatic carboxylic acids is 1. The largest absolute Gasteiger partial charge is 0.478 e. The third-order valence-corrected chi connectivity index (χ3v) is 1.31. The third kappa shape index (κ3) is 1.34. The highest BCUT2D eigenvalue weighted by molar-refractivity contribution is 6.02. The topological polar surface area (TPSA) is 73.2 Å². The van der Waals surface area contributed by atoms with E-state index in [1.807, 2.05) is 0 Å². The Labute approximate surface area is 58.1 Å². The molecule has 1 fully saturated rings. The van der Waals surface area contributed by atoms with Crippen LogP contribution in [-0.4, -0.2) is 23.5 Å². The van der Waals surface area contributed by atoms with Gasteiger partial charge in [0.1, 0.15) is 5.84 Å². The van der Waals surface area contributed by atoms with E-state index in [2.05, 4.69) is 5.32 Å². The smallest absolute Gasteiger partial charge is 0.328 e. The SMILES string of the molecule is N=C1NCC/C1=C\C(=O)O. The molecule has 0 aliphatic carbocycles. The maximum absolute atomic E-state index is 10.1. The summed E-state index contributed by atoms with van der Waals surface area (Å²) in [6, 6.07) is 0. The minimum absolute atomic E-state index is 0.238. The van der Waals surface area contributed by atoms with Crippen molar-refractivity contribution in [3.63, 3.8) is 0 Å². The van der Waals surface area contributed by atoms with Crippen LogP contribution in [0.3, 0.4) is 0 Å². The molecule has 0 aromatic heterocycles. The van der Waals surface area contributed by atoms with Crippen molar-refractivity contribution in [2.24, 2.45) is 0 Å². The molecule has 1 heterocycles. The molecule has 0 bridgehead atoms. The zero-order valence-electron chi connectivity index (χ0n) is 5.35. The maximum atomic E-state index is 10.1. The van der Waals surface area contributed by atoms with Gasteiger partial charge < -0.3 is 10.4 Å². The van der Waals surface area contributed by atoms with Crippen LogP contribution in [0.2, 0.25) is 0 Å². The van der Waals surface area contributed by atoms with Crippen molar-refractivity contribution in [3.05, 3.63) is 11.6 Å². The first-order valence-corrected chi connectivity index (χ1v) is 2.96. The standard InChI is InChI=1S/C6H8N2O2/c7-6-4(1-2-8-6)3-5(9)10/h3H,1-2H2,(H2,7,8)(H,9,10)/b4-3+. The van der Waals surface area contributed by atoms with Crippen LogP contribution in [0.15, 0.2) is 11.6 Å². The molecule has 0 unspecified atom stereocenters. The Balaban J connectivity index is 2.72. The van der Waals surface area contributed by atoms with Crippen molar-refractivity contribution in [1.82, 2.24) is 5.32 Å². The zero-order valence-corrected chi connectivity index (χ0v) is 5.35. The van der Waals surface area contributed by atoms with Crippen LogP contribution in [0.1, 0.15) is 6.42 Å². The molecule has 0 aromatic carbocycles. The molecule has 54 valence electrons. The van der Waals surface area contributed by atoms with Crippen LogP contribution in [-0.2, 0) is 4.79 Å². The predicted molar refractivity (Wildman–Crippen MR) is 36.1 cm³/mol. The average molecular weight is 140 g/mol. The third-order valence-electron chi connectivity index (χ3n) is 1.31. The number of carboxylic acid groups (broad SMARTS) is 1. The second-order valence-corrected chi connectivity index (χ2v) is 2.06. The lowest BCUT2D eigenvalue weighted by Crippen LogP contribution is -2.13. The zero-order chi connectivity index (χ0) is 7.56. The number of nitrogens with one attached hydrogen (secondary N) is 2. The maximum Gasteiger partial charge on any atom is 0.328 e. The molecule has 0 spiro atoms. The molecule has 0 aromatic rings. The first-order chi connectivity index (χ1) is 4.70. The van der Waals surface area contributed by atoms with Gasteiger partial charge in [0.15, 0.2) is 0 Å². The average Bonchev–Trinajstić information content (AvgIpc) is 2.15. The summed E-state index contributed by atoms with van der Waals surface area (Å²) in [4.78, 5) is 10.1. The molecule has 0 atom stereocenters. The van der Waals surface area contributed by atoms with E-state index in [0.29, 0.717) is 18.5 Å². The van der Waals surface area contributed by atoms with Crippen LogP contribution >= 0.6 is 0 Å². The fraction of sp³-hybridized carbons (Fsp3) is 0.333. The number of carboxylic acids is 1. The monoisotopic (exact) mass is 140 g/mol. The molecule has 0 saturated carbocycles. The lowest BCUT2D eigenvalue weighted by Gasteiger charge is -1.91. The molecule has 4 heteroatoms. The van der Waals surface area contributed by atoms with Crippen molar-refractivity contribution in [1.29, 1.82) is 5.41 Å². The minimum Gasteiger partial charge on any atom is -0.478 e. The molecule has 4 nitrogen and oxygen atoms in total. The quantitative estimate of drug-likeness (QED) is 0.448. The Bertz CT molecular complexity index is 208. The second-order valence-electron chi connectivity index (χ2n) is 2.06. The number of rotatable bonds is 1. The van der Waals surface area contributed by atoms with Crippen LogP contribution in [0.5, 0.6) is 0 Å². The Morgan fingerprint density at radius 1 is 1.80 bits per heavy atom. The summed E-state index contributed by atoms with van der Waals surface area (Å²) in [5.41, 5.74) is 0.576. The van der Waals surface area contributed by atoms with E-state index in [9.17, 15) is 4.79 Å². The van der Waals surface area contributed by atoms with Gasteiger partial charge in [0, 0.05) is 18.2 Å². The molecule has 3 N–H and O–H groups in total. The van der Waals surface area contributed by atoms with Crippen molar-refractivity contribution < 1.29 is 9.90 Å². The van der Waals surface area contributed by atoms with Crippen molar-refractivity contribution in [3.8, 4) is 0 Å². The number of hydrogen-bond donors (Lipinski definition) is 3. The first-order valence-electron chi connectivity index (χ1n) is 2.96. The second kappa shape index (κ2) is 2.51. The highest BCUT2D eigenvalue weighted by Gasteiger charge is 2.12. The van der Waals surface area contributed by atoms with Gasteiger partial charge >= 0.3 is 5.97 Å². The fourth-order valence-corrected chi connectivity index (χ4v) is 0.854. The molecule has 1 aliphatic rings. The van der Waals surface area contributed by atoms with E-state index in [4.69, 9.17) is 10.5 Å². The summed E-state index contributed by atoms with van der Waals surface area (Å²) < 4.78 is 0. The van der Waals surface area contributed by atoms with Crippen molar-refractivity contribution >= 4 is 11.8 Å². The molecular formula is C6H8N2O2. The van der Waals surface area contributed by atoms with Crippen LogP contribution in [0.25, 0.3) is 0 Å². The van der Waals surface area contributed by atoms with Crippen molar-refractivity contribution in [2.45, 2.75) is 6.42 Å². The van der Waals surface area contributed by atoms with Crippen LogP contribution < -0.4 is 5.32 Å². The van der Waals surface area contributed by atoms with E-state index < -0.39 is 5.97 Å². The van der Waals surface area contributed by atoms with E-state index in [0.717, 1.165) is 6.08 Å². The van der Waals surface area contributed by atoms with Gasteiger partial charge in [0.25, 0.3) is 0 Å². The van der Waals surface area contributed by atoms with Gasteiger partial charge in [-0.25, -0.2) is 4.79 Å². The van der Waals surface area contributed by atoms with E-state index in [1.54, 1.807) is 0 Å². The van der Waals surface area contributed by atoms with E-state index >= 15 is 0 Å². The number of amidine groups is 1. The normalized spacial score (nSPS) is 21.2. The molecular weight excluding hydrogens is 132 g/mol. The summed E-state index contributed by atoms with van der Waals surface area (Å²) in [7, 11) is 0. The summed E-state index contributed by atoms with van der Waals surface area (Å²) in [6.07, 6.45) is 1.72. The van der Waals surface area contributed by atoms with Gasteiger partial charge in [-0.15, -0.1) is 0 Å². The minimum atomic E-state index is -0.983. The summed E-state index contributed by atoms with van der Waals surface area (Å²) >= 11 is 0. The first kappa shape index (κ1) is 6.80. The predicted octanol–water partition coefficient (Wildman–Crippen LogP) is -0.0320.